The highest BCUT2D eigenvalue weighted by atomic mass is 19.1. The normalized spacial score (nSPS) is 16.0. The summed E-state index contributed by atoms with van der Waals surface area (Å²) < 4.78 is 23.4. The highest BCUT2D eigenvalue weighted by Gasteiger charge is 2.26. The fraction of sp³-hybridized carbons (Fsp3) is 0.529. The van der Waals surface area contributed by atoms with E-state index in [1.807, 2.05) is 6.07 Å². The Labute approximate surface area is 141 Å². The molecule has 0 saturated carbocycles. The second-order valence-electron chi connectivity index (χ2n) is 5.65. The molecule has 0 bridgehead atoms. The molecule has 24 heavy (non-hydrogen) atoms. The minimum absolute atomic E-state index is 0.0416. The predicted octanol–water partition coefficient (Wildman–Crippen LogP) is 1.79. The van der Waals surface area contributed by atoms with Crippen molar-refractivity contribution in [3.8, 4) is 5.75 Å². The van der Waals surface area contributed by atoms with Crippen molar-refractivity contribution in [2.45, 2.75) is 19.4 Å². The Kier molecular flexibility index (Phi) is 6.40. The molecule has 1 saturated heterocycles. The van der Waals surface area contributed by atoms with Crippen LogP contribution in [-0.4, -0.2) is 51.2 Å². The van der Waals surface area contributed by atoms with E-state index in [2.05, 4.69) is 15.2 Å². The average Bonchev–Trinajstić information content (AvgIpc) is 2.62. The number of esters is 1. The minimum Gasteiger partial charge on any atom is -0.494 e. The molecule has 0 atom stereocenters. The lowest BCUT2D eigenvalue weighted by Gasteiger charge is -2.33. The van der Waals surface area contributed by atoms with Gasteiger partial charge in [-0.3, -0.25) is 9.79 Å². The fourth-order valence-corrected chi connectivity index (χ4v) is 2.83. The smallest absolute Gasteiger partial charge is 0.308 e. The number of hydrogen-bond acceptors (Lipinski definition) is 4. The molecular formula is C17H24FN3O3. The van der Waals surface area contributed by atoms with Gasteiger partial charge >= 0.3 is 5.97 Å². The fourth-order valence-electron chi connectivity index (χ4n) is 2.83. The third-order valence-corrected chi connectivity index (χ3v) is 4.21. The van der Waals surface area contributed by atoms with Gasteiger partial charge in [0.05, 0.1) is 20.1 Å². The molecule has 0 amide bonds. The van der Waals surface area contributed by atoms with Crippen LogP contribution in [0.25, 0.3) is 0 Å². The van der Waals surface area contributed by atoms with Crippen molar-refractivity contribution in [2.75, 3.05) is 34.4 Å². The number of halogens is 1. The molecule has 0 aromatic heterocycles. The number of rotatable bonds is 4. The van der Waals surface area contributed by atoms with Crippen LogP contribution in [0.4, 0.5) is 4.39 Å². The molecule has 1 fully saturated rings. The van der Waals surface area contributed by atoms with E-state index in [0.717, 1.165) is 37.5 Å². The van der Waals surface area contributed by atoms with E-state index in [9.17, 15) is 9.18 Å². The molecule has 0 unspecified atom stereocenters. The Morgan fingerprint density at radius 1 is 1.38 bits per heavy atom. The van der Waals surface area contributed by atoms with Crippen LogP contribution < -0.4 is 10.1 Å². The number of nitrogens with zero attached hydrogens (tertiary/aromatic N) is 2. The van der Waals surface area contributed by atoms with Gasteiger partial charge in [-0.25, -0.2) is 4.39 Å². The van der Waals surface area contributed by atoms with Gasteiger partial charge in [0.2, 0.25) is 0 Å². The van der Waals surface area contributed by atoms with Crippen LogP contribution in [0.5, 0.6) is 5.75 Å². The van der Waals surface area contributed by atoms with Crippen LogP contribution in [-0.2, 0) is 16.1 Å². The van der Waals surface area contributed by atoms with E-state index < -0.39 is 0 Å². The monoisotopic (exact) mass is 337 g/mol. The summed E-state index contributed by atoms with van der Waals surface area (Å²) in [6.07, 6.45) is 1.48. The summed E-state index contributed by atoms with van der Waals surface area (Å²) in [7, 11) is 4.57. The number of aliphatic imine (C=N–C) groups is 1. The van der Waals surface area contributed by atoms with Gasteiger partial charge in [-0.2, -0.15) is 0 Å². The predicted molar refractivity (Wildman–Crippen MR) is 89.5 cm³/mol. The summed E-state index contributed by atoms with van der Waals surface area (Å²) in [6.45, 7) is 1.93. The second kappa shape index (κ2) is 8.52. The second-order valence-corrected chi connectivity index (χ2v) is 5.65. The van der Waals surface area contributed by atoms with Crippen molar-refractivity contribution in [1.82, 2.24) is 10.2 Å². The molecule has 1 aromatic carbocycles. The third-order valence-electron chi connectivity index (χ3n) is 4.21. The van der Waals surface area contributed by atoms with Crippen LogP contribution in [0, 0.1) is 11.7 Å². The number of carbonyl (C=O) groups is 1. The third kappa shape index (κ3) is 4.37. The van der Waals surface area contributed by atoms with E-state index in [1.54, 1.807) is 13.1 Å². The van der Waals surface area contributed by atoms with E-state index >= 15 is 0 Å². The lowest BCUT2D eigenvalue weighted by Crippen LogP contribution is -2.46. The molecule has 7 heteroatoms. The van der Waals surface area contributed by atoms with Crippen LogP contribution >= 0.6 is 0 Å². The van der Waals surface area contributed by atoms with Crippen molar-refractivity contribution in [1.29, 1.82) is 0 Å². The Morgan fingerprint density at radius 2 is 2.08 bits per heavy atom. The first-order valence-corrected chi connectivity index (χ1v) is 7.95. The maximum Gasteiger partial charge on any atom is 0.308 e. The summed E-state index contributed by atoms with van der Waals surface area (Å²) >= 11 is 0. The summed E-state index contributed by atoms with van der Waals surface area (Å²) in [4.78, 5) is 17.9. The minimum atomic E-state index is -0.384. The number of guanidine groups is 1. The summed E-state index contributed by atoms with van der Waals surface area (Å²) in [5.74, 6) is 0.402. The van der Waals surface area contributed by atoms with Gasteiger partial charge in [-0.15, -0.1) is 0 Å². The quantitative estimate of drug-likeness (QED) is 0.516. The topological polar surface area (TPSA) is 63.2 Å². The highest BCUT2D eigenvalue weighted by Crippen LogP contribution is 2.19. The van der Waals surface area contributed by atoms with Crippen LogP contribution in [0.15, 0.2) is 23.2 Å². The standard InChI is InChI=1S/C17H24FN3O3/c1-19-17(21-8-6-13(7-9-21)16(22)24-3)20-11-12-4-5-15(23-2)14(18)10-12/h4-5,10,13H,6-9,11H2,1-3H3,(H,19,20). The van der Waals surface area contributed by atoms with Crippen LogP contribution in [0.1, 0.15) is 18.4 Å². The maximum atomic E-state index is 13.7. The first-order valence-electron chi connectivity index (χ1n) is 7.95. The zero-order valence-electron chi connectivity index (χ0n) is 14.3. The Bertz CT molecular complexity index is 599. The van der Waals surface area contributed by atoms with Gasteiger partial charge in [0.25, 0.3) is 0 Å². The van der Waals surface area contributed by atoms with E-state index in [4.69, 9.17) is 9.47 Å². The maximum absolute atomic E-state index is 13.7. The number of benzene rings is 1. The van der Waals surface area contributed by atoms with Gasteiger partial charge in [-0.1, -0.05) is 6.07 Å². The molecular weight excluding hydrogens is 313 g/mol. The molecule has 2 rings (SSSR count). The van der Waals surface area contributed by atoms with Crippen LogP contribution in [0.2, 0.25) is 0 Å². The highest BCUT2D eigenvalue weighted by molar-refractivity contribution is 5.80. The summed E-state index contributed by atoms with van der Waals surface area (Å²) in [5, 5.41) is 3.23. The van der Waals surface area contributed by atoms with Gasteiger partial charge in [-0.05, 0) is 30.5 Å². The number of piperidine rings is 1. The molecule has 1 heterocycles. The van der Waals surface area contributed by atoms with Crippen LogP contribution in [0.3, 0.4) is 0 Å². The van der Waals surface area contributed by atoms with Crippen molar-refractivity contribution >= 4 is 11.9 Å². The van der Waals surface area contributed by atoms with Crippen molar-refractivity contribution < 1.29 is 18.7 Å². The first kappa shape index (κ1) is 18.0. The van der Waals surface area contributed by atoms with E-state index in [-0.39, 0.29) is 23.5 Å². The molecule has 0 aliphatic carbocycles. The van der Waals surface area contributed by atoms with Gasteiger partial charge in [0.15, 0.2) is 17.5 Å². The number of nitrogens with one attached hydrogen (secondary N) is 1. The Morgan fingerprint density at radius 3 is 2.62 bits per heavy atom. The number of ether oxygens (including phenoxy) is 2. The van der Waals surface area contributed by atoms with Gasteiger partial charge < -0.3 is 19.7 Å². The molecule has 1 aliphatic heterocycles. The van der Waals surface area contributed by atoms with E-state index in [0.29, 0.717) is 6.54 Å². The molecule has 6 nitrogen and oxygen atoms in total. The molecule has 132 valence electrons. The molecule has 0 radical (unpaired) electrons. The van der Waals surface area contributed by atoms with Gasteiger partial charge in [0, 0.05) is 26.7 Å². The zero-order valence-corrected chi connectivity index (χ0v) is 14.3. The molecule has 1 N–H and O–H groups in total. The molecule has 0 spiro atoms. The summed E-state index contributed by atoms with van der Waals surface area (Å²) in [6, 6.07) is 4.87. The Balaban J connectivity index is 1.89. The molecule has 1 aliphatic rings. The SMILES string of the molecule is CN=C(NCc1ccc(OC)c(F)c1)N1CCC(C(=O)OC)CC1. The lowest BCUT2D eigenvalue weighted by molar-refractivity contribution is -0.146. The number of hydrogen-bond donors (Lipinski definition) is 1. The average molecular weight is 337 g/mol. The summed E-state index contributed by atoms with van der Waals surface area (Å²) in [5.41, 5.74) is 0.805. The van der Waals surface area contributed by atoms with Crippen molar-refractivity contribution in [2.24, 2.45) is 10.9 Å². The number of methoxy groups -OCH3 is 2. The van der Waals surface area contributed by atoms with Crippen molar-refractivity contribution in [3.63, 3.8) is 0 Å². The molecule has 1 aromatic rings. The zero-order chi connectivity index (χ0) is 17.5. The lowest BCUT2D eigenvalue weighted by atomic mass is 9.97. The number of carbonyl (C=O) groups excluding carboxylic acids is 1. The van der Waals surface area contributed by atoms with Crippen molar-refractivity contribution in [3.05, 3.63) is 29.6 Å². The largest absolute Gasteiger partial charge is 0.494 e. The van der Waals surface area contributed by atoms with Gasteiger partial charge in [0.1, 0.15) is 0 Å². The van der Waals surface area contributed by atoms with E-state index in [1.165, 1.54) is 20.3 Å². The first-order chi connectivity index (χ1) is 11.6. The Hall–Kier alpha value is -2.31. The number of likely N-dealkylation sites (tertiary alicyclic amines) is 1.